The van der Waals surface area contributed by atoms with Gasteiger partial charge in [-0.05, 0) is 121 Å². The van der Waals surface area contributed by atoms with E-state index in [-0.39, 0.29) is 37.2 Å². The van der Waals surface area contributed by atoms with E-state index in [9.17, 15) is 32.0 Å². The number of hydrogen-bond donors (Lipinski definition) is 3. The molecule has 5 atom stereocenters. The van der Waals surface area contributed by atoms with Gasteiger partial charge < -0.3 is 25.0 Å². The fourth-order valence-electron chi connectivity index (χ4n) is 9.87. The molecule has 4 aliphatic carbocycles. The third-order valence-corrected chi connectivity index (χ3v) is 16.3. The van der Waals surface area contributed by atoms with Crippen LogP contribution in [0.25, 0.3) is 10.9 Å². The number of halogens is 1. The summed E-state index contributed by atoms with van der Waals surface area (Å²) < 4.78 is 55.4. The van der Waals surface area contributed by atoms with Crippen LogP contribution < -0.4 is 20.1 Å². The number of hydrogen-bond acceptors (Lipinski definition) is 9. The number of aromatic nitrogens is 1. The highest BCUT2D eigenvalue weighted by molar-refractivity contribution is 7.91. The maximum absolute atomic E-state index is 14.9. The van der Waals surface area contributed by atoms with Crippen LogP contribution in [0.2, 0.25) is 0 Å². The quantitative estimate of drug-likeness (QED) is 0.308. The number of nitrogens with one attached hydrogen (secondary N) is 3. The lowest BCUT2D eigenvalue weighted by atomic mass is 9.65. The van der Waals surface area contributed by atoms with Gasteiger partial charge in [-0.2, -0.15) is 0 Å². The fraction of sp³-hybridized carbons (Fsp3) is 0.651. The number of fused-ring (bicyclic) bond motifs is 5. The van der Waals surface area contributed by atoms with Gasteiger partial charge in [0, 0.05) is 29.2 Å². The van der Waals surface area contributed by atoms with E-state index < -0.39 is 67.7 Å². The molecule has 4 heterocycles. The summed E-state index contributed by atoms with van der Waals surface area (Å²) in [6, 6.07) is 2.47. The molecule has 15 heteroatoms. The van der Waals surface area contributed by atoms with E-state index >= 15 is 0 Å². The van der Waals surface area contributed by atoms with E-state index in [1.54, 1.807) is 13.0 Å². The molecule has 2 aromatic rings. The third-order valence-electron chi connectivity index (χ3n) is 14.1. The number of allylic oxidation sites excluding steroid dienone is 1. The molecule has 9 rings (SSSR count). The average molecular weight is 820 g/mol. The number of amides is 4. The lowest BCUT2D eigenvalue weighted by Gasteiger charge is -2.48. The Labute approximate surface area is 338 Å². The molecule has 3 N–H and O–H groups in total. The molecule has 1 aromatic heterocycles. The number of alkyl carbamates (subject to hydrolysis) is 1. The first-order chi connectivity index (χ1) is 27.8. The molecule has 13 nitrogen and oxygen atoms in total. The van der Waals surface area contributed by atoms with Crippen LogP contribution >= 0.6 is 0 Å². The highest BCUT2D eigenvalue weighted by atomic mass is 32.2. The predicted octanol–water partition coefficient (Wildman–Crippen LogP) is 5.74. The van der Waals surface area contributed by atoms with Gasteiger partial charge in [-0.3, -0.25) is 19.1 Å². The van der Waals surface area contributed by atoms with Crippen LogP contribution in [-0.2, 0) is 35.6 Å². The van der Waals surface area contributed by atoms with Crippen molar-refractivity contribution in [3.8, 4) is 5.75 Å². The minimum absolute atomic E-state index is 0.0275. The van der Waals surface area contributed by atoms with Gasteiger partial charge >= 0.3 is 6.09 Å². The van der Waals surface area contributed by atoms with Crippen LogP contribution in [-0.4, -0.2) is 82.7 Å². The number of carbonyl (C=O) groups is 4. The molecule has 312 valence electrons. The highest BCUT2D eigenvalue weighted by Gasteiger charge is 2.60. The number of ether oxygens (including phenoxy) is 2. The van der Waals surface area contributed by atoms with Crippen molar-refractivity contribution in [3.05, 3.63) is 47.4 Å². The van der Waals surface area contributed by atoms with Crippen LogP contribution in [0.15, 0.2) is 30.4 Å². The molecule has 1 aromatic carbocycles. The monoisotopic (exact) mass is 819 g/mol. The Hall–Kier alpha value is -4.27. The largest absolute Gasteiger partial charge is 0.483 e. The van der Waals surface area contributed by atoms with Gasteiger partial charge in [0.1, 0.15) is 40.9 Å². The maximum atomic E-state index is 14.9. The zero-order chi connectivity index (χ0) is 40.5. The molecular formula is C43H54FN5O8S. The van der Waals surface area contributed by atoms with E-state index in [1.807, 2.05) is 12.2 Å². The summed E-state index contributed by atoms with van der Waals surface area (Å²) >= 11 is 0. The first-order valence-corrected chi connectivity index (χ1v) is 22.9. The van der Waals surface area contributed by atoms with Crippen LogP contribution in [0.3, 0.4) is 0 Å². The number of pyridine rings is 1. The number of rotatable bonds is 6. The van der Waals surface area contributed by atoms with Crippen molar-refractivity contribution < 1.29 is 41.5 Å². The normalized spacial score (nSPS) is 31.1. The van der Waals surface area contributed by atoms with Crippen molar-refractivity contribution in [3.63, 3.8) is 0 Å². The Morgan fingerprint density at radius 1 is 1.00 bits per heavy atom. The Morgan fingerprint density at radius 3 is 2.50 bits per heavy atom. The summed E-state index contributed by atoms with van der Waals surface area (Å²) in [4.78, 5) is 63.8. The van der Waals surface area contributed by atoms with Gasteiger partial charge in [-0.1, -0.05) is 25.0 Å². The Kier molecular flexibility index (Phi) is 9.99. The first-order valence-electron chi connectivity index (χ1n) is 21.4. The van der Waals surface area contributed by atoms with E-state index in [0.717, 1.165) is 62.6 Å². The van der Waals surface area contributed by atoms with Gasteiger partial charge in [-0.15, -0.1) is 0 Å². The molecular weight excluding hydrogens is 766 g/mol. The lowest BCUT2D eigenvalue weighted by molar-refractivity contribution is -0.144. The van der Waals surface area contributed by atoms with Crippen LogP contribution in [0.1, 0.15) is 133 Å². The molecule has 0 radical (unpaired) electrons. The van der Waals surface area contributed by atoms with Crippen molar-refractivity contribution in [1.29, 1.82) is 0 Å². The number of sulfonamides is 1. The Morgan fingerprint density at radius 2 is 1.78 bits per heavy atom. The summed E-state index contributed by atoms with van der Waals surface area (Å²) in [5, 5.41) is 6.56. The fourth-order valence-corrected chi connectivity index (χ4v) is 11.2. The van der Waals surface area contributed by atoms with Gasteiger partial charge in [0.05, 0.1) is 22.5 Å². The Bertz CT molecular complexity index is 2170. The van der Waals surface area contributed by atoms with Crippen LogP contribution in [0, 0.1) is 11.7 Å². The van der Waals surface area contributed by atoms with Gasteiger partial charge in [0.2, 0.25) is 21.8 Å². The van der Waals surface area contributed by atoms with Gasteiger partial charge in [-0.25, -0.2) is 22.6 Å². The standard InChI is InChI=1S/C43H54FN5O8S/c1-41(21-22-41)58(54,55)48-39(52)43-20-17-27(43)9-5-3-2-4-6-12-33(46-40(53)56-29-10-7-8-11-29)38(51)49-25-42(24-34(49)37(50)47-43)19-18-30-31-23-28(44)15-16-32(31)45-35(26-13-14-26)36(30)57-42/h5,9,15-16,23,26-27,29,33-34H,2-4,6-8,10-14,17-22,24-25H2,1H3,(H,46,53)(H,47,50)(H,48,52). The molecule has 1 saturated heterocycles. The van der Waals surface area contributed by atoms with Crippen molar-refractivity contribution in [2.75, 3.05) is 6.54 Å². The third kappa shape index (κ3) is 7.23. The summed E-state index contributed by atoms with van der Waals surface area (Å²) in [6.07, 6.45) is 14.3. The summed E-state index contributed by atoms with van der Waals surface area (Å²) in [5.41, 5.74) is -0.232. The number of benzene rings is 1. The van der Waals surface area contributed by atoms with Crippen molar-refractivity contribution >= 4 is 44.7 Å². The van der Waals surface area contributed by atoms with Crippen molar-refractivity contribution in [2.45, 2.75) is 162 Å². The van der Waals surface area contributed by atoms with Crippen LogP contribution in [0.4, 0.5) is 9.18 Å². The van der Waals surface area contributed by atoms with Gasteiger partial charge in [0.25, 0.3) is 5.91 Å². The average Bonchev–Trinajstić information content (AvgIpc) is 4.09. The zero-order valence-electron chi connectivity index (χ0n) is 33.2. The molecule has 3 aliphatic heterocycles. The lowest BCUT2D eigenvalue weighted by Crippen LogP contribution is -2.70. The smallest absolute Gasteiger partial charge is 0.408 e. The molecule has 4 saturated carbocycles. The SMILES string of the molecule is CC1(S(=O)(=O)NC(=O)C23CCC2C=CCCCCCC(NC(=O)OC2CCCC2)C(=O)N2CC4(CCc5c(c(C6CC6)nc6ccc(F)cc56)O4)CC2C(=O)N3)CC1. The Balaban J connectivity index is 1.07. The van der Waals surface area contributed by atoms with Crippen molar-refractivity contribution in [2.24, 2.45) is 5.92 Å². The van der Waals surface area contributed by atoms with E-state index in [1.165, 1.54) is 17.0 Å². The highest BCUT2D eigenvalue weighted by Crippen LogP contribution is 2.51. The molecule has 0 bridgehead atoms. The van der Waals surface area contributed by atoms with E-state index in [4.69, 9.17) is 14.5 Å². The molecule has 1 spiro atoms. The molecule has 58 heavy (non-hydrogen) atoms. The maximum Gasteiger partial charge on any atom is 0.408 e. The second-order valence-electron chi connectivity index (χ2n) is 18.3. The second-order valence-corrected chi connectivity index (χ2v) is 20.5. The minimum atomic E-state index is -4.02. The van der Waals surface area contributed by atoms with Crippen molar-refractivity contribution in [1.82, 2.24) is 25.2 Å². The molecule has 5 fully saturated rings. The number of nitrogens with zero attached hydrogens (tertiary/aromatic N) is 2. The van der Waals surface area contributed by atoms with E-state index in [0.29, 0.717) is 68.0 Å². The summed E-state index contributed by atoms with van der Waals surface area (Å²) in [7, 11) is -4.02. The summed E-state index contributed by atoms with van der Waals surface area (Å²) in [6.45, 7) is 1.63. The van der Waals surface area contributed by atoms with Crippen LogP contribution in [0.5, 0.6) is 5.75 Å². The van der Waals surface area contributed by atoms with Gasteiger partial charge in [0.15, 0.2) is 0 Å². The molecule has 4 amide bonds. The topological polar surface area (TPSA) is 173 Å². The molecule has 7 aliphatic rings. The number of aryl methyl sites for hydroxylation is 1. The zero-order valence-corrected chi connectivity index (χ0v) is 34.0. The summed E-state index contributed by atoms with van der Waals surface area (Å²) in [5.74, 6) is -1.89. The first kappa shape index (κ1) is 39.2. The van der Waals surface area contributed by atoms with E-state index in [2.05, 4.69) is 15.4 Å². The predicted molar refractivity (Wildman–Crippen MR) is 212 cm³/mol. The number of carbonyl (C=O) groups excluding carboxylic acids is 4. The minimum Gasteiger partial charge on any atom is -0.483 e. The second kappa shape index (κ2) is 14.8. The molecule has 5 unspecified atom stereocenters.